The molecule has 0 spiro atoms. The molecule has 0 fully saturated rings. The van der Waals surface area contributed by atoms with Crippen molar-refractivity contribution in [2.45, 2.75) is 33.7 Å². The first-order valence-electron chi connectivity index (χ1n) is 6.90. The van der Waals surface area contributed by atoms with Crippen molar-refractivity contribution in [2.24, 2.45) is 0 Å². The monoisotopic (exact) mass is 350 g/mol. The van der Waals surface area contributed by atoms with E-state index in [0.717, 1.165) is 23.0 Å². The second-order valence-electron chi connectivity index (χ2n) is 5.09. The number of carbonyl (C=O) groups is 1. The van der Waals surface area contributed by atoms with Gasteiger partial charge < -0.3 is 15.0 Å². The number of nitrogens with one attached hydrogen (secondary N) is 1. The number of halogens is 1. The predicted molar refractivity (Wildman–Crippen MR) is 88.0 cm³/mol. The van der Waals surface area contributed by atoms with Crippen LogP contribution in [0.3, 0.4) is 0 Å². The minimum atomic E-state index is -0.180. The molecule has 0 unspecified atom stereocenters. The normalized spacial score (nSPS) is 10.7. The molecule has 21 heavy (non-hydrogen) atoms. The van der Waals surface area contributed by atoms with E-state index >= 15 is 0 Å². The largest absolute Gasteiger partial charge is 0.507 e. The van der Waals surface area contributed by atoms with E-state index in [4.69, 9.17) is 0 Å². The van der Waals surface area contributed by atoms with Gasteiger partial charge in [0, 0.05) is 28.5 Å². The Labute approximate surface area is 132 Å². The van der Waals surface area contributed by atoms with Crippen molar-refractivity contribution >= 4 is 27.5 Å². The third kappa shape index (κ3) is 3.29. The lowest BCUT2D eigenvalue weighted by Crippen LogP contribution is -2.17. The highest BCUT2D eigenvalue weighted by Gasteiger charge is 2.15. The summed E-state index contributed by atoms with van der Waals surface area (Å²) in [5.74, 6) is 0.0402. The lowest BCUT2D eigenvalue weighted by Gasteiger charge is -2.12. The molecular formula is C16H19BrN2O2. The van der Waals surface area contributed by atoms with Crippen molar-refractivity contribution in [3.63, 3.8) is 0 Å². The highest BCUT2D eigenvalue weighted by molar-refractivity contribution is 9.10. The van der Waals surface area contributed by atoms with Crippen LogP contribution in [-0.4, -0.2) is 15.6 Å². The third-order valence-electron chi connectivity index (χ3n) is 3.44. The van der Waals surface area contributed by atoms with Crippen LogP contribution in [0, 0.1) is 13.8 Å². The Bertz CT molecular complexity index is 677. The molecular weight excluding hydrogens is 332 g/mol. The smallest absolute Gasteiger partial charge is 0.272 e. The number of carbonyl (C=O) groups excluding carboxylic acids is 1. The Morgan fingerprint density at radius 2 is 2.10 bits per heavy atom. The number of phenolic OH excluding ortho intramolecular Hbond substituents is 1. The molecule has 1 aromatic carbocycles. The van der Waals surface area contributed by atoms with Crippen LogP contribution in [-0.2, 0) is 6.54 Å². The number of hydrogen-bond acceptors (Lipinski definition) is 2. The van der Waals surface area contributed by atoms with Crippen LogP contribution in [0.1, 0.15) is 35.0 Å². The molecule has 1 aromatic heterocycles. The minimum Gasteiger partial charge on any atom is -0.507 e. The van der Waals surface area contributed by atoms with Gasteiger partial charge in [-0.15, -0.1) is 0 Å². The van der Waals surface area contributed by atoms with E-state index in [1.54, 1.807) is 19.1 Å². The Hall–Kier alpha value is -1.75. The Kier molecular flexibility index (Phi) is 4.73. The molecule has 2 rings (SSSR count). The van der Waals surface area contributed by atoms with Crippen LogP contribution in [0.4, 0.5) is 5.69 Å². The van der Waals surface area contributed by atoms with Crippen LogP contribution in [0.2, 0.25) is 0 Å². The van der Waals surface area contributed by atoms with Gasteiger partial charge in [-0.05, 0) is 53.9 Å². The van der Waals surface area contributed by atoms with E-state index in [1.165, 1.54) is 0 Å². The SMILES string of the molecule is CCCn1cc(Br)cc1C(=O)Nc1ccc(C)c(O)c1C. The Morgan fingerprint density at radius 1 is 1.38 bits per heavy atom. The van der Waals surface area contributed by atoms with E-state index < -0.39 is 0 Å². The summed E-state index contributed by atoms with van der Waals surface area (Å²) in [6.45, 7) is 6.47. The van der Waals surface area contributed by atoms with E-state index in [1.807, 2.05) is 23.8 Å². The van der Waals surface area contributed by atoms with Gasteiger partial charge in [-0.3, -0.25) is 4.79 Å². The van der Waals surface area contributed by atoms with Gasteiger partial charge in [0.05, 0.1) is 0 Å². The third-order valence-corrected chi connectivity index (χ3v) is 3.87. The Morgan fingerprint density at radius 3 is 2.76 bits per heavy atom. The van der Waals surface area contributed by atoms with E-state index in [2.05, 4.69) is 28.2 Å². The summed E-state index contributed by atoms with van der Waals surface area (Å²) < 4.78 is 2.80. The van der Waals surface area contributed by atoms with Gasteiger partial charge in [-0.25, -0.2) is 0 Å². The van der Waals surface area contributed by atoms with E-state index in [-0.39, 0.29) is 11.7 Å². The fraction of sp³-hybridized carbons (Fsp3) is 0.312. The first-order valence-corrected chi connectivity index (χ1v) is 7.69. The molecule has 0 saturated heterocycles. The van der Waals surface area contributed by atoms with Crippen LogP contribution in [0.15, 0.2) is 28.9 Å². The number of anilines is 1. The number of phenols is 1. The van der Waals surface area contributed by atoms with Crippen molar-refractivity contribution in [2.75, 3.05) is 5.32 Å². The van der Waals surface area contributed by atoms with Gasteiger partial charge in [-0.2, -0.15) is 0 Å². The van der Waals surface area contributed by atoms with Gasteiger partial charge in [0.1, 0.15) is 11.4 Å². The van der Waals surface area contributed by atoms with Crippen molar-refractivity contribution in [3.8, 4) is 5.75 Å². The maximum atomic E-state index is 12.4. The molecule has 4 nitrogen and oxygen atoms in total. The molecule has 0 radical (unpaired) electrons. The molecule has 0 aliphatic heterocycles. The first kappa shape index (κ1) is 15.6. The first-order chi connectivity index (χ1) is 9.93. The highest BCUT2D eigenvalue weighted by Crippen LogP contribution is 2.28. The summed E-state index contributed by atoms with van der Waals surface area (Å²) in [5.41, 5.74) is 2.70. The molecule has 1 amide bonds. The van der Waals surface area contributed by atoms with Crippen LogP contribution in [0.25, 0.3) is 0 Å². The lowest BCUT2D eigenvalue weighted by molar-refractivity contribution is 0.101. The molecule has 0 atom stereocenters. The summed E-state index contributed by atoms with van der Waals surface area (Å²) in [4.78, 5) is 12.4. The van der Waals surface area contributed by atoms with Gasteiger partial charge in [0.25, 0.3) is 5.91 Å². The van der Waals surface area contributed by atoms with Crippen molar-refractivity contribution in [1.29, 1.82) is 0 Å². The minimum absolute atomic E-state index is 0.180. The molecule has 0 bridgehead atoms. The fourth-order valence-electron chi connectivity index (χ4n) is 2.25. The zero-order valence-corrected chi connectivity index (χ0v) is 14.0. The number of amides is 1. The quantitative estimate of drug-likeness (QED) is 0.866. The van der Waals surface area contributed by atoms with Crippen LogP contribution >= 0.6 is 15.9 Å². The number of aromatic nitrogens is 1. The van der Waals surface area contributed by atoms with Crippen molar-refractivity contribution < 1.29 is 9.90 Å². The molecule has 1 heterocycles. The maximum absolute atomic E-state index is 12.4. The summed E-state index contributed by atoms with van der Waals surface area (Å²) in [6, 6.07) is 5.40. The van der Waals surface area contributed by atoms with Gasteiger partial charge in [0.2, 0.25) is 0 Å². The van der Waals surface area contributed by atoms with Crippen molar-refractivity contribution in [3.05, 3.63) is 45.7 Å². The summed E-state index contributed by atoms with van der Waals surface area (Å²) in [7, 11) is 0. The number of hydrogen-bond donors (Lipinski definition) is 2. The molecule has 2 aromatic rings. The summed E-state index contributed by atoms with van der Waals surface area (Å²) >= 11 is 3.40. The summed E-state index contributed by atoms with van der Waals surface area (Å²) in [5, 5.41) is 12.8. The van der Waals surface area contributed by atoms with Gasteiger partial charge in [-0.1, -0.05) is 13.0 Å². The van der Waals surface area contributed by atoms with Crippen molar-refractivity contribution in [1.82, 2.24) is 4.57 Å². The van der Waals surface area contributed by atoms with Crippen LogP contribution < -0.4 is 5.32 Å². The number of benzene rings is 1. The molecule has 5 heteroatoms. The molecule has 2 N–H and O–H groups in total. The molecule has 0 aliphatic rings. The zero-order valence-electron chi connectivity index (χ0n) is 12.4. The van der Waals surface area contributed by atoms with E-state index in [9.17, 15) is 9.90 Å². The number of nitrogens with zero attached hydrogens (tertiary/aromatic N) is 1. The number of rotatable bonds is 4. The fourth-order valence-corrected chi connectivity index (χ4v) is 2.71. The highest BCUT2D eigenvalue weighted by atomic mass is 79.9. The molecule has 0 saturated carbocycles. The molecule has 0 aliphatic carbocycles. The second-order valence-corrected chi connectivity index (χ2v) is 6.01. The topological polar surface area (TPSA) is 54.3 Å². The number of aryl methyl sites for hydroxylation is 2. The summed E-state index contributed by atoms with van der Waals surface area (Å²) in [6.07, 6.45) is 2.85. The van der Waals surface area contributed by atoms with E-state index in [0.29, 0.717) is 16.9 Å². The standard InChI is InChI=1S/C16H19BrN2O2/c1-4-7-19-9-12(17)8-14(19)16(21)18-13-6-5-10(2)15(20)11(13)3/h5-6,8-9,20H,4,7H2,1-3H3,(H,18,21). The lowest BCUT2D eigenvalue weighted by atomic mass is 10.1. The predicted octanol–water partition coefficient (Wildman–Crippen LogP) is 4.24. The zero-order chi connectivity index (χ0) is 15.6. The molecule has 112 valence electrons. The Balaban J connectivity index is 2.28. The van der Waals surface area contributed by atoms with Crippen LogP contribution in [0.5, 0.6) is 5.75 Å². The maximum Gasteiger partial charge on any atom is 0.272 e. The average Bonchev–Trinajstić information content (AvgIpc) is 2.81. The second kappa shape index (κ2) is 6.35. The van der Waals surface area contributed by atoms with Gasteiger partial charge >= 0.3 is 0 Å². The average molecular weight is 351 g/mol. The van der Waals surface area contributed by atoms with Gasteiger partial charge in [0.15, 0.2) is 0 Å². The number of aromatic hydroxyl groups is 1.